The highest BCUT2D eigenvalue weighted by atomic mass is 32.1. The molecule has 0 unspecified atom stereocenters. The third-order valence-electron chi connectivity index (χ3n) is 4.06. The Morgan fingerprint density at radius 2 is 1.93 bits per heavy atom. The average molecular weight is 406 g/mol. The molecule has 0 spiro atoms. The van der Waals surface area contributed by atoms with Gasteiger partial charge in [0.25, 0.3) is 0 Å². The van der Waals surface area contributed by atoms with E-state index < -0.39 is 0 Å². The van der Waals surface area contributed by atoms with Crippen molar-refractivity contribution in [1.29, 1.82) is 0 Å². The SMILES string of the molecule is C=c1nc(-c2ccnc(NC(=S)Nc3ccc(N(C)C)cc3)c2)o/c1=C/C=C\C. The summed E-state index contributed by atoms with van der Waals surface area (Å²) in [4.78, 5) is 10.7. The zero-order valence-corrected chi connectivity index (χ0v) is 17.5. The summed E-state index contributed by atoms with van der Waals surface area (Å²) < 4.78 is 5.80. The van der Waals surface area contributed by atoms with Gasteiger partial charge in [-0.05, 0) is 61.6 Å². The highest BCUT2D eigenvalue weighted by molar-refractivity contribution is 7.80. The molecule has 0 saturated heterocycles. The topological polar surface area (TPSA) is 66.2 Å². The predicted octanol–water partition coefficient (Wildman–Crippen LogP) is 3.38. The summed E-state index contributed by atoms with van der Waals surface area (Å²) in [5.41, 5.74) is 3.42. The molecule has 7 heteroatoms. The van der Waals surface area contributed by atoms with Crippen LogP contribution in [0.2, 0.25) is 0 Å². The monoisotopic (exact) mass is 405 g/mol. The quantitative estimate of drug-likeness (QED) is 0.631. The fraction of sp³-hybridized carbons (Fsp3) is 0.136. The van der Waals surface area contributed by atoms with Gasteiger partial charge in [-0.15, -0.1) is 0 Å². The van der Waals surface area contributed by atoms with Gasteiger partial charge in [-0.2, -0.15) is 0 Å². The molecule has 3 rings (SSSR count). The number of hydrogen-bond donors (Lipinski definition) is 2. The van der Waals surface area contributed by atoms with Gasteiger partial charge in [0.1, 0.15) is 11.2 Å². The fourth-order valence-electron chi connectivity index (χ4n) is 2.55. The minimum absolute atomic E-state index is 0.444. The van der Waals surface area contributed by atoms with Crippen LogP contribution in [0.4, 0.5) is 17.2 Å². The van der Waals surface area contributed by atoms with Crippen LogP contribution in [-0.2, 0) is 0 Å². The van der Waals surface area contributed by atoms with E-state index >= 15 is 0 Å². The van der Waals surface area contributed by atoms with E-state index in [0.29, 0.717) is 27.6 Å². The maximum Gasteiger partial charge on any atom is 0.227 e. The Hall–Kier alpha value is -3.45. The zero-order valence-electron chi connectivity index (χ0n) is 16.6. The molecule has 0 saturated carbocycles. The molecule has 0 amide bonds. The third kappa shape index (κ3) is 5.30. The maximum atomic E-state index is 5.80. The summed E-state index contributed by atoms with van der Waals surface area (Å²) >= 11 is 5.40. The summed E-state index contributed by atoms with van der Waals surface area (Å²) in [5, 5.41) is 7.27. The Bertz CT molecular complexity index is 1130. The lowest BCUT2D eigenvalue weighted by Gasteiger charge is -2.14. The van der Waals surface area contributed by atoms with Gasteiger partial charge in [0, 0.05) is 37.2 Å². The van der Waals surface area contributed by atoms with Crippen molar-refractivity contribution in [2.45, 2.75) is 6.92 Å². The highest BCUT2D eigenvalue weighted by Crippen LogP contribution is 2.18. The summed E-state index contributed by atoms with van der Waals surface area (Å²) in [7, 11) is 4.00. The second-order valence-corrected chi connectivity index (χ2v) is 6.88. The molecule has 0 aliphatic carbocycles. The molecule has 0 aliphatic heterocycles. The standard InChI is InChI=1S/C22H23N5OS/c1-5-6-7-19-15(2)24-21(28-19)16-12-13-23-20(14-16)26-22(29)25-17-8-10-18(11-9-17)27(3)4/h5-14H,2H2,1,3-4H3,(H2,23,25,26,29)/b6-5-,19-7+. The third-order valence-corrected chi connectivity index (χ3v) is 4.26. The molecule has 2 heterocycles. The number of pyridine rings is 1. The van der Waals surface area contributed by atoms with E-state index in [0.717, 1.165) is 16.9 Å². The van der Waals surface area contributed by atoms with Gasteiger partial charge in [0.2, 0.25) is 5.89 Å². The van der Waals surface area contributed by atoms with E-state index in [9.17, 15) is 0 Å². The van der Waals surface area contributed by atoms with Gasteiger partial charge in [-0.1, -0.05) is 18.7 Å². The van der Waals surface area contributed by atoms with Gasteiger partial charge in [-0.25, -0.2) is 9.97 Å². The number of oxazole rings is 1. The average Bonchev–Trinajstić information content (AvgIpc) is 3.07. The van der Waals surface area contributed by atoms with E-state index in [2.05, 4.69) is 27.2 Å². The number of hydrogen-bond acceptors (Lipinski definition) is 5. The van der Waals surface area contributed by atoms with Crippen molar-refractivity contribution in [3.05, 3.63) is 65.5 Å². The van der Waals surface area contributed by atoms with E-state index in [-0.39, 0.29) is 0 Å². The number of benzene rings is 1. The van der Waals surface area contributed by atoms with E-state index in [1.165, 1.54) is 0 Å². The first-order valence-corrected chi connectivity index (χ1v) is 9.47. The van der Waals surface area contributed by atoms with Crippen LogP contribution in [-0.4, -0.2) is 29.2 Å². The van der Waals surface area contributed by atoms with Gasteiger partial charge < -0.3 is 20.0 Å². The van der Waals surface area contributed by atoms with Crippen LogP contribution in [0.25, 0.3) is 24.1 Å². The van der Waals surface area contributed by atoms with Crippen LogP contribution in [0.3, 0.4) is 0 Å². The molecule has 148 valence electrons. The Labute approximate surface area is 175 Å². The van der Waals surface area contributed by atoms with Crippen molar-refractivity contribution in [3.8, 4) is 11.5 Å². The van der Waals surface area contributed by atoms with Crippen molar-refractivity contribution in [1.82, 2.24) is 9.97 Å². The molecule has 0 radical (unpaired) electrons. The smallest absolute Gasteiger partial charge is 0.227 e. The fourth-order valence-corrected chi connectivity index (χ4v) is 2.78. The molecule has 29 heavy (non-hydrogen) atoms. The molecule has 2 aromatic heterocycles. The number of nitrogens with one attached hydrogen (secondary N) is 2. The van der Waals surface area contributed by atoms with Crippen LogP contribution in [0.15, 0.2) is 59.2 Å². The molecule has 3 aromatic rings. The first-order valence-electron chi connectivity index (χ1n) is 9.07. The van der Waals surface area contributed by atoms with Crippen LogP contribution < -0.4 is 26.3 Å². The first-order chi connectivity index (χ1) is 14.0. The van der Waals surface area contributed by atoms with E-state index in [4.69, 9.17) is 16.6 Å². The molecular formula is C22H23N5OS. The maximum absolute atomic E-state index is 5.80. The summed E-state index contributed by atoms with van der Waals surface area (Å²) in [6.07, 6.45) is 7.31. The molecular weight excluding hydrogens is 382 g/mol. The van der Waals surface area contributed by atoms with Crippen molar-refractivity contribution in [3.63, 3.8) is 0 Å². The lowest BCUT2D eigenvalue weighted by molar-refractivity contribution is 0.540. The van der Waals surface area contributed by atoms with Crippen LogP contribution in [0.1, 0.15) is 6.92 Å². The number of anilines is 3. The number of allylic oxidation sites excluding steroid dienone is 2. The number of thiocarbonyl (C=S) groups is 1. The van der Waals surface area contributed by atoms with E-state index in [1.807, 2.05) is 80.5 Å². The summed E-state index contributed by atoms with van der Waals surface area (Å²) in [6.45, 7) is 5.85. The van der Waals surface area contributed by atoms with Crippen LogP contribution in [0, 0.1) is 0 Å². The molecule has 1 aromatic carbocycles. The van der Waals surface area contributed by atoms with E-state index in [1.54, 1.807) is 6.20 Å². The number of rotatable bonds is 5. The predicted molar refractivity (Wildman–Crippen MR) is 124 cm³/mol. The lowest BCUT2D eigenvalue weighted by atomic mass is 10.2. The second-order valence-electron chi connectivity index (χ2n) is 6.47. The Balaban J connectivity index is 1.73. The van der Waals surface area contributed by atoms with Crippen LogP contribution >= 0.6 is 12.2 Å². The molecule has 0 fully saturated rings. The summed E-state index contributed by atoms with van der Waals surface area (Å²) in [6, 6.07) is 11.6. The minimum atomic E-state index is 0.444. The van der Waals surface area contributed by atoms with Crippen molar-refractivity contribution in [2.24, 2.45) is 0 Å². The molecule has 6 nitrogen and oxygen atoms in total. The minimum Gasteiger partial charge on any atom is -0.436 e. The van der Waals surface area contributed by atoms with Gasteiger partial charge in [0.05, 0.1) is 0 Å². The Morgan fingerprint density at radius 1 is 1.17 bits per heavy atom. The zero-order chi connectivity index (χ0) is 20.8. The normalized spacial score (nSPS) is 11.6. The Kier molecular flexibility index (Phi) is 6.41. The largest absolute Gasteiger partial charge is 0.436 e. The Morgan fingerprint density at radius 3 is 2.62 bits per heavy atom. The highest BCUT2D eigenvalue weighted by Gasteiger charge is 2.08. The summed E-state index contributed by atoms with van der Waals surface area (Å²) in [5.74, 6) is 1.07. The van der Waals surface area contributed by atoms with Gasteiger partial charge >= 0.3 is 0 Å². The van der Waals surface area contributed by atoms with Crippen molar-refractivity contribution < 1.29 is 4.42 Å². The number of aromatic nitrogens is 2. The lowest BCUT2D eigenvalue weighted by Crippen LogP contribution is -2.19. The van der Waals surface area contributed by atoms with Crippen molar-refractivity contribution >= 4 is 47.2 Å². The molecule has 0 atom stereocenters. The second kappa shape index (κ2) is 9.16. The molecule has 2 N–H and O–H groups in total. The van der Waals surface area contributed by atoms with Crippen molar-refractivity contribution in [2.75, 3.05) is 29.6 Å². The van der Waals surface area contributed by atoms with Gasteiger partial charge in [-0.3, -0.25) is 0 Å². The number of nitrogens with zero attached hydrogens (tertiary/aromatic N) is 3. The van der Waals surface area contributed by atoms with Gasteiger partial charge in [0.15, 0.2) is 10.5 Å². The van der Waals surface area contributed by atoms with Crippen LogP contribution in [0.5, 0.6) is 0 Å². The molecule has 0 aliphatic rings. The first kappa shape index (κ1) is 20.3. The molecule has 0 bridgehead atoms.